The molecule has 1 aromatic carbocycles. The van der Waals surface area contributed by atoms with E-state index in [1.165, 1.54) is 0 Å². The molecule has 0 bridgehead atoms. The van der Waals surface area contributed by atoms with Gasteiger partial charge in [-0.25, -0.2) is 4.98 Å². The number of amides is 1. The second-order valence-corrected chi connectivity index (χ2v) is 7.67. The zero-order valence-corrected chi connectivity index (χ0v) is 16.6. The molecule has 1 saturated heterocycles. The van der Waals surface area contributed by atoms with Gasteiger partial charge in [0.25, 0.3) is 5.91 Å². The summed E-state index contributed by atoms with van der Waals surface area (Å²) in [5.41, 5.74) is 2.87. The monoisotopic (exact) mass is 392 g/mol. The Labute approximate surface area is 169 Å². The highest BCUT2D eigenvalue weighted by molar-refractivity contribution is 5.93. The van der Waals surface area contributed by atoms with Crippen LogP contribution in [-0.2, 0) is 11.3 Å². The molecule has 7 heteroatoms. The lowest BCUT2D eigenvalue weighted by molar-refractivity contribution is -0.111. The lowest BCUT2D eigenvalue weighted by Crippen LogP contribution is -2.50. The van der Waals surface area contributed by atoms with E-state index < -0.39 is 0 Å². The van der Waals surface area contributed by atoms with Gasteiger partial charge in [-0.05, 0) is 12.1 Å². The predicted octanol–water partition coefficient (Wildman–Crippen LogP) is 3.16. The topological polar surface area (TPSA) is 80.3 Å². The molecule has 0 unspecified atom stereocenters. The summed E-state index contributed by atoms with van der Waals surface area (Å²) in [6.45, 7) is 4.36. The summed E-state index contributed by atoms with van der Waals surface area (Å²) in [6.07, 6.45) is 0. The van der Waals surface area contributed by atoms with E-state index in [1.807, 2.05) is 42.5 Å². The van der Waals surface area contributed by atoms with Gasteiger partial charge in [0.1, 0.15) is 5.69 Å². The Morgan fingerprint density at radius 2 is 2.00 bits per heavy atom. The molecule has 0 atom stereocenters. The van der Waals surface area contributed by atoms with Crippen molar-refractivity contribution in [2.24, 2.45) is 5.41 Å². The average Bonchev–Trinajstić information content (AvgIpc) is 3.22. The standard InChI is InChI=1S/C22H24N4O3/c1-22(14-29-15-22)13-26(12-17-9-6-10-20(23-17)28-2)21(27)19-11-18(24-25-19)16-7-4-3-5-8-16/h3-11H,12-15H2,1-2H3,(H,24,25). The van der Waals surface area contributed by atoms with Crippen LogP contribution in [0.4, 0.5) is 0 Å². The molecule has 0 radical (unpaired) electrons. The van der Waals surface area contributed by atoms with Gasteiger partial charge in [-0.3, -0.25) is 9.89 Å². The molecular formula is C22H24N4O3. The molecule has 1 amide bonds. The quantitative estimate of drug-likeness (QED) is 0.668. The van der Waals surface area contributed by atoms with Crippen molar-refractivity contribution in [3.05, 3.63) is 66.0 Å². The maximum Gasteiger partial charge on any atom is 0.272 e. The zero-order chi connectivity index (χ0) is 20.3. The van der Waals surface area contributed by atoms with E-state index >= 15 is 0 Å². The van der Waals surface area contributed by atoms with Crippen LogP contribution in [-0.4, -0.2) is 52.9 Å². The minimum absolute atomic E-state index is 0.0587. The molecule has 29 heavy (non-hydrogen) atoms. The minimum Gasteiger partial charge on any atom is -0.481 e. The molecule has 3 aromatic rings. The van der Waals surface area contributed by atoms with Gasteiger partial charge in [-0.15, -0.1) is 0 Å². The highest BCUT2D eigenvalue weighted by Crippen LogP contribution is 2.29. The molecule has 2 aromatic heterocycles. The summed E-state index contributed by atoms with van der Waals surface area (Å²) in [7, 11) is 1.58. The van der Waals surface area contributed by atoms with E-state index in [4.69, 9.17) is 9.47 Å². The van der Waals surface area contributed by atoms with Gasteiger partial charge in [-0.1, -0.05) is 43.3 Å². The van der Waals surface area contributed by atoms with E-state index in [-0.39, 0.29) is 11.3 Å². The van der Waals surface area contributed by atoms with Gasteiger partial charge in [-0.2, -0.15) is 5.10 Å². The second kappa shape index (κ2) is 8.05. The van der Waals surface area contributed by atoms with Crippen molar-refractivity contribution in [1.29, 1.82) is 0 Å². The number of methoxy groups -OCH3 is 1. The van der Waals surface area contributed by atoms with Crippen molar-refractivity contribution < 1.29 is 14.3 Å². The number of ether oxygens (including phenoxy) is 2. The van der Waals surface area contributed by atoms with Crippen LogP contribution in [0.15, 0.2) is 54.6 Å². The van der Waals surface area contributed by atoms with Crippen LogP contribution >= 0.6 is 0 Å². The third-order valence-corrected chi connectivity index (χ3v) is 4.98. The molecule has 0 spiro atoms. The number of H-pyrrole nitrogens is 1. The van der Waals surface area contributed by atoms with Gasteiger partial charge in [0, 0.05) is 23.6 Å². The summed E-state index contributed by atoms with van der Waals surface area (Å²) >= 11 is 0. The van der Waals surface area contributed by atoms with Crippen LogP contribution in [0.25, 0.3) is 11.3 Å². The van der Waals surface area contributed by atoms with Gasteiger partial charge in [0.05, 0.1) is 38.3 Å². The highest BCUT2D eigenvalue weighted by Gasteiger charge is 2.37. The number of rotatable bonds is 7. The van der Waals surface area contributed by atoms with E-state index in [9.17, 15) is 4.79 Å². The van der Waals surface area contributed by atoms with Crippen molar-refractivity contribution in [3.8, 4) is 17.1 Å². The van der Waals surface area contributed by atoms with Gasteiger partial charge < -0.3 is 14.4 Å². The molecule has 3 heterocycles. The lowest BCUT2D eigenvalue weighted by Gasteiger charge is -2.41. The third kappa shape index (κ3) is 4.30. The summed E-state index contributed by atoms with van der Waals surface area (Å²) < 4.78 is 10.6. The Hall–Kier alpha value is -3.19. The Morgan fingerprint density at radius 1 is 1.21 bits per heavy atom. The number of aromatic nitrogens is 3. The van der Waals surface area contributed by atoms with Crippen molar-refractivity contribution in [2.75, 3.05) is 26.9 Å². The van der Waals surface area contributed by atoms with Gasteiger partial charge >= 0.3 is 0 Å². The molecule has 1 N–H and O–H groups in total. The number of pyridine rings is 1. The Morgan fingerprint density at radius 3 is 2.69 bits per heavy atom. The Kier molecular flexibility index (Phi) is 5.31. The number of hydrogen-bond acceptors (Lipinski definition) is 5. The summed E-state index contributed by atoms with van der Waals surface area (Å²) in [6, 6.07) is 17.1. The first kappa shape index (κ1) is 19.1. The Balaban J connectivity index is 1.58. The number of aromatic amines is 1. The second-order valence-electron chi connectivity index (χ2n) is 7.67. The van der Waals surface area contributed by atoms with Crippen LogP contribution < -0.4 is 4.74 Å². The zero-order valence-electron chi connectivity index (χ0n) is 16.6. The maximum atomic E-state index is 13.3. The Bertz CT molecular complexity index is 982. The van der Waals surface area contributed by atoms with Crippen molar-refractivity contribution in [3.63, 3.8) is 0 Å². The normalized spacial score (nSPS) is 14.8. The van der Waals surface area contributed by atoms with E-state index in [1.54, 1.807) is 24.1 Å². The van der Waals surface area contributed by atoms with Crippen molar-refractivity contribution >= 4 is 5.91 Å². The first-order valence-corrected chi connectivity index (χ1v) is 9.54. The first-order valence-electron chi connectivity index (χ1n) is 9.54. The fourth-order valence-corrected chi connectivity index (χ4v) is 3.42. The van der Waals surface area contributed by atoms with Gasteiger partial charge in [0.15, 0.2) is 0 Å². The third-order valence-electron chi connectivity index (χ3n) is 4.98. The number of hydrogen-bond donors (Lipinski definition) is 1. The number of carbonyl (C=O) groups is 1. The number of nitrogens with one attached hydrogen (secondary N) is 1. The lowest BCUT2D eigenvalue weighted by atomic mass is 9.88. The van der Waals surface area contributed by atoms with E-state index in [2.05, 4.69) is 22.1 Å². The van der Waals surface area contributed by atoms with Crippen LogP contribution in [0.2, 0.25) is 0 Å². The summed E-state index contributed by atoms with van der Waals surface area (Å²) in [5, 5.41) is 7.22. The smallest absolute Gasteiger partial charge is 0.272 e. The molecule has 0 saturated carbocycles. The molecule has 0 aliphatic carbocycles. The molecule has 4 rings (SSSR count). The average molecular weight is 392 g/mol. The predicted molar refractivity (Wildman–Crippen MR) is 108 cm³/mol. The van der Waals surface area contributed by atoms with Crippen molar-refractivity contribution in [1.82, 2.24) is 20.1 Å². The fraction of sp³-hybridized carbons (Fsp3) is 0.318. The maximum absolute atomic E-state index is 13.3. The molecule has 1 aliphatic rings. The van der Waals surface area contributed by atoms with Crippen LogP contribution in [0, 0.1) is 5.41 Å². The van der Waals surface area contributed by atoms with Crippen LogP contribution in [0.1, 0.15) is 23.1 Å². The number of benzene rings is 1. The molecule has 1 fully saturated rings. The van der Waals surface area contributed by atoms with Crippen LogP contribution in [0.3, 0.4) is 0 Å². The largest absolute Gasteiger partial charge is 0.481 e. The summed E-state index contributed by atoms with van der Waals surface area (Å²) in [4.78, 5) is 19.6. The van der Waals surface area contributed by atoms with Crippen molar-refractivity contribution in [2.45, 2.75) is 13.5 Å². The SMILES string of the molecule is COc1cccc(CN(CC2(C)COC2)C(=O)c2cc(-c3ccccc3)n[nH]2)n1. The van der Waals surface area contributed by atoms with E-state index in [0.717, 1.165) is 17.0 Å². The number of carbonyl (C=O) groups excluding carboxylic acids is 1. The highest BCUT2D eigenvalue weighted by atomic mass is 16.5. The summed E-state index contributed by atoms with van der Waals surface area (Å²) in [5.74, 6) is 0.415. The molecule has 7 nitrogen and oxygen atoms in total. The molecule has 1 aliphatic heterocycles. The van der Waals surface area contributed by atoms with E-state index in [0.29, 0.717) is 37.9 Å². The molecule has 150 valence electrons. The fourth-order valence-electron chi connectivity index (χ4n) is 3.42. The first-order chi connectivity index (χ1) is 14.1. The minimum atomic E-state index is -0.113. The van der Waals surface area contributed by atoms with Gasteiger partial charge in [0.2, 0.25) is 5.88 Å². The molecular weight excluding hydrogens is 368 g/mol. The number of nitrogens with zero attached hydrogens (tertiary/aromatic N) is 3. The van der Waals surface area contributed by atoms with Crippen LogP contribution in [0.5, 0.6) is 5.88 Å².